The summed E-state index contributed by atoms with van der Waals surface area (Å²) < 4.78 is 6.76. The van der Waals surface area contributed by atoms with Crippen LogP contribution in [0.15, 0.2) is 11.1 Å². The van der Waals surface area contributed by atoms with Gasteiger partial charge in [-0.2, -0.15) is 15.7 Å². The third-order valence-corrected chi connectivity index (χ3v) is 3.77. The van der Waals surface area contributed by atoms with Gasteiger partial charge in [-0.25, -0.2) is 4.98 Å². The fourth-order valence-electron chi connectivity index (χ4n) is 2.63. The lowest BCUT2D eigenvalue weighted by Crippen LogP contribution is -2.77. The van der Waals surface area contributed by atoms with Crippen molar-refractivity contribution < 1.29 is 25.3 Å². The van der Waals surface area contributed by atoms with E-state index >= 15 is 0 Å². The van der Waals surface area contributed by atoms with Gasteiger partial charge in [0.2, 0.25) is 5.95 Å². The Labute approximate surface area is 133 Å². The van der Waals surface area contributed by atoms with E-state index in [2.05, 4.69) is 20.4 Å². The predicted octanol–water partition coefficient (Wildman–Crippen LogP) is -4.71. The van der Waals surface area contributed by atoms with Gasteiger partial charge in [0.15, 0.2) is 17.4 Å². The minimum Gasteiger partial charge on any atom is -0.390 e. The Bertz CT molecular complexity index is 805. The molecular formula is C11H16N8O5. The molecular weight excluding hydrogens is 324 g/mol. The van der Waals surface area contributed by atoms with Crippen molar-refractivity contribution in [2.75, 3.05) is 12.3 Å². The normalized spacial score (nSPS) is 28.1. The van der Waals surface area contributed by atoms with Gasteiger partial charge in [-0.1, -0.05) is 0 Å². The molecule has 0 aromatic carbocycles. The first-order valence-electron chi connectivity index (χ1n) is 6.98. The Kier molecular flexibility index (Phi) is 4.15. The zero-order chi connectivity index (χ0) is 17.4. The number of aliphatic hydroxyl groups is 3. The molecule has 5 atom stereocenters. The van der Waals surface area contributed by atoms with Gasteiger partial charge in [0.05, 0.1) is 12.4 Å². The highest BCUT2D eigenvalue weighted by Gasteiger charge is 2.47. The van der Waals surface area contributed by atoms with E-state index in [0.29, 0.717) is 0 Å². The quantitative estimate of drug-likeness (QED) is 0.206. The zero-order valence-corrected chi connectivity index (χ0v) is 12.2. The van der Waals surface area contributed by atoms with Crippen LogP contribution >= 0.6 is 0 Å². The van der Waals surface area contributed by atoms with Crippen LogP contribution in [0.5, 0.6) is 0 Å². The van der Waals surface area contributed by atoms with Crippen molar-refractivity contribution in [3.05, 3.63) is 22.2 Å². The second-order valence-electron chi connectivity index (χ2n) is 5.31. The van der Waals surface area contributed by atoms with Crippen LogP contribution in [-0.4, -0.2) is 65.8 Å². The van der Waals surface area contributed by atoms with E-state index in [1.54, 1.807) is 5.22 Å². The number of rotatable bonds is 5. The SMILES string of the molecule is [N-]=[NH+]NCC(O)C1OC(n2cnc3c(=O)[nH]c(N)nc32)C(O)C1O. The number of anilines is 1. The summed E-state index contributed by atoms with van der Waals surface area (Å²) in [5.74, 6) is -0.142. The van der Waals surface area contributed by atoms with Crippen molar-refractivity contribution in [1.82, 2.24) is 24.9 Å². The number of aromatic amines is 1. The number of H-pyrrole nitrogens is 1. The number of nitrogens with two attached hydrogens (primary N) is 1. The van der Waals surface area contributed by atoms with Crippen LogP contribution in [0.4, 0.5) is 5.95 Å². The maximum atomic E-state index is 11.8. The number of imidazole rings is 1. The van der Waals surface area contributed by atoms with Gasteiger partial charge in [0.25, 0.3) is 5.56 Å². The lowest BCUT2D eigenvalue weighted by atomic mass is 10.1. The Balaban J connectivity index is 1.93. The topological polar surface area (TPSA) is 208 Å². The number of hydrogen-bond donors (Lipinski definition) is 7. The standard InChI is InChI=1S/C11H16N8O5/c12-11-16-8-4(9(23)17-11)14-2-19(8)10-6(22)5(21)7(24-10)3(20)1-15-18-13/h2-3,5-7,10,18,20-22H,1H2,(H4-,12,13,15,16,17,23). The van der Waals surface area contributed by atoms with Crippen molar-refractivity contribution in [2.24, 2.45) is 0 Å². The number of nitrogens with one attached hydrogen (secondary N) is 3. The molecule has 0 saturated carbocycles. The molecule has 1 saturated heterocycles. The van der Waals surface area contributed by atoms with E-state index in [1.165, 1.54) is 10.9 Å². The fourth-order valence-corrected chi connectivity index (χ4v) is 2.63. The van der Waals surface area contributed by atoms with E-state index in [-0.39, 0.29) is 23.7 Å². The smallest absolute Gasteiger partial charge is 0.280 e. The number of hydrogen-bond acceptors (Lipinski definition) is 8. The van der Waals surface area contributed by atoms with Crippen molar-refractivity contribution in [3.8, 4) is 0 Å². The van der Waals surface area contributed by atoms with Gasteiger partial charge < -0.3 is 25.8 Å². The molecule has 13 nitrogen and oxygen atoms in total. The molecule has 2 aromatic heterocycles. The Hall–Kier alpha value is -2.61. The van der Waals surface area contributed by atoms with Crippen LogP contribution in [0.1, 0.15) is 6.23 Å². The summed E-state index contributed by atoms with van der Waals surface area (Å²) in [7, 11) is 0. The van der Waals surface area contributed by atoms with Gasteiger partial charge in [-0.05, 0) is 0 Å². The summed E-state index contributed by atoms with van der Waals surface area (Å²) in [6, 6.07) is 0. The van der Waals surface area contributed by atoms with Gasteiger partial charge >= 0.3 is 0 Å². The zero-order valence-electron chi connectivity index (χ0n) is 12.2. The molecule has 1 aliphatic rings. The minimum atomic E-state index is -1.41. The Morgan fingerprint density at radius 3 is 3.00 bits per heavy atom. The summed E-state index contributed by atoms with van der Waals surface area (Å²) >= 11 is 0. The van der Waals surface area contributed by atoms with E-state index in [1.807, 2.05) is 0 Å². The van der Waals surface area contributed by atoms with Gasteiger partial charge in [0.1, 0.15) is 18.3 Å². The molecule has 1 aliphatic heterocycles. The molecule has 130 valence electrons. The molecule has 5 unspecified atom stereocenters. The van der Waals surface area contributed by atoms with E-state index in [4.69, 9.17) is 16.0 Å². The first kappa shape index (κ1) is 16.3. The summed E-state index contributed by atoms with van der Waals surface area (Å²) in [5, 5.41) is 31.9. The molecule has 3 rings (SSSR count). The number of aliphatic hydroxyl groups excluding tert-OH is 3. The third-order valence-electron chi connectivity index (χ3n) is 3.77. The van der Waals surface area contributed by atoms with Crippen LogP contribution in [-0.2, 0) is 4.74 Å². The van der Waals surface area contributed by atoms with Crippen LogP contribution < -0.4 is 21.9 Å². The third kappa shape index (κ3) is 2.58. The summed E-state index contributed by atoms with van der Waals surface area (Å²) in [6.07, 6.45) is -5.14. The monoisotopic (exact) mass is 340 g/mol. The first-order chi connectivity index (χ1) is 11.4. The molecule has 3 heterocycles. The molecule has 0 bridgehead atoms. The van der Waals surface area contributed by atoms with Crippen molar-refractivity contribution >= 4 is 17.1 Å². The predicted molar refractivity (Wildman–Crippen MR) is 76.8 cm³/mol. The molecule has 8 N–H and O–H groups in total. The van der Waals surface area contributed by atoms with Crippen LogP contribution in [0.3, 0.4) is 0 Å². The van der Waals surface area contributed by atoms with Crippen molar-refractivity contribution in [2.45, 2.75) is 30.6 Å². The Morgan fingerprint density at radius 1 is 1.54 bits per heavy atom. The highest BCUT2D eigenvalue weighted by atomic mass is 16.6. The number of fused-ring (bicyclic) bond motifs is 1. The molecule has 0 spiro atoms. The van der Waals surface area contributed by atoms with Crippen molar-refractivity contribution in [1.29, 1.82) is 0 Å². The lowest BCUT2D eigenvalue weighted by molar-refractivity contribution is -0.550. The molecule has 1 fully saturated rings. The fraction of sp³-hybridized carbons (Fsp3) is 0.545. The van der Waals surface area contributed by atoms with Gasteiger partial charge in [-0.3, -0.25) is 19.8 Å². The number of ether oxygens (including phenoxy) is 1. The van der Waals surface area contributed by atoms with Crippen molar-refractivity contribution in [3.63, 3.8) is 0 Å². The summed E-state index contributed by atoms with van der Waals surface area (Å²) in [6.45, 7) is -0.160. The van der Waals surface area contributed by atoms with Crippen LogP contribution in [0.2, 0.25) is 0 Å². The van der Waals surface area contributed by atoms with Gasteiger partial charge in [0, 0.05) is 6.54 Å². The molecule has 13 heteroatoms. The lowest BCUT2D eigenvalue weighted by Gasteiger charge is -2.21. The van der Waals surface area contributed by atoms with E-state index in [9.17, 15) is 20.1 Å². The average Bonchev–Trinajstić information content (AvgIpc) is 3.07. The number of nitrogens with zero attached hydrogens (tertiary/aromatic N) is 4. The first-order valence-corrected chi connectivity index (χ1v) is 6.98. The highest BCUT2D eigenvalue weighted by molar-refractivity contribution is 5.70. The largest absolute Gasteiger partial charge is 0.390 e. The molecule has 24 heavy (non-hydrogen) atoms. The second kappa shape index (κ2) is 6.12. The molecule has 0 radical (unpaired) electrons. The van der Waals surface area contributed by atoms with Crippen LogP contribution in [0, 0.1) is 0 Å². The molecule has 0 aliphatic carbocycles. The summed E-state index contributed by atoms with van der Waals surface area (Å²) in [5.41, 5.74) is 15.7. The molecule has 2 aromatic rings. The number of hydrazine groups is 1. The summed E-state index contributed by atoms with van der Waals surface area (Å²) in [4.78, 5) is 21.9. The van der Waals surface area contributed by atoms with E-state index < -0.39 is 36.2 Å². The average molecular weight is 340 g/mol. The molecule has 0 amide bonds. The number of aromatic nitrogens is 4. The van der Waals surface area contributed by atoms with Gasteiger partial charge in [-0.15, -0.1) is 0 Å². The highest BCUT2D eigenvalue weighted by Crippen LogP contribution is 2.32. The minimum absolute atomic E-state index is 0.00960. The van der Waals surface area contributed by atoms with Crippen LogP contribution in [0.25, 0.3) is 16.7 Å². The Morgan fingerprint density at radius 2 is 2.29 bits per heavy atom. The number of nitrogen functional groups attached to an aromatic ring is 1. The maximum Gasteiger partial charge on any atom is 0.280 e. The maximum absolute atomic E-state index is 11.8. The second-order valence-corrected chi connectivity index (χ2v) is 5.31. The van der Waals surface area contributed by atoms with E-state index in [0.717, 1.165) is 0 Å².